The van der Waals surface area contributed by atoms with E-state index in [-0.39, 0.29) is 6.04 Å². The molecule has 4 nitrogen and oxygen atoms in total. The van der Waals surface area contributed by atoms with Crippen LogP contribution < -0.4 is 5.73 Å². The summed E-state index contributed by atoms with van der Waals surface area (Å²) in [4.78, 5) is 13.2. The molecule has 0 amide bonds. The van der Waals surface area contributed by atoms with Crippen LogP contribution >= 0.6 is 23.2 Å². The van der Waals surface area contributed by atoms with Crippen LogP contribution in [0.25, 0.3) is 0 Å². The molecule has 1 saturated heterocycles. The fourth-order valence-corrected chi connectivity index (χ4v) is 2.97. The van der Waals surface area contributed by atoms with Crippen LogP contribution in [0.3, 0.4) is 0 Å². The molecule has 1 aliphatic rings. The van der Waals surface area contributed by atoms with E-state index in [2.05, 4.69) is 0 Å². The molecule has 2 rings (SSSR count). The van der Waals surface area contributed by atoms with Gasteiger partial charge in [0.25, 0.3) is 0 Å². The van der Waals surface area contributed by atoms with Crippen molar-refractivity contribution in [3.05, 3.63) is 33.8 Å². The van der Waals surface area contributed by atoms with E-state index in [4.69, 9.17) is 34.0 Å². The highest BCUT2D eigenvalue weighted by Gasteiger charge is 2.42. The van der Waals surface area contributed by atoms with Crippen molar-refractivity contribution in [3.8, 4) is 0 Å². The lowest BCUT2D eigenvalue weighted by atomic mass is 10.0. The lowest BCUT2D eigenvalue weighted by Gasteiger charge is -2.27. The fourth-order valence-electron chi connectivity index (χ4n) is 2.41. The normalized spacial score (nSPS) is 25.5. The van der Waals surface area contributed by atoms with E-state index < -0.39 is 11.5 Å². The summed E-state index contributed by atoms with van der Waals surface area (Å²) in [6, 6.07) is 5.35. The smallest absolute Gasteiger partial charge is 0.325 e. The third kappa shape index (κ3) is 2.87. The van der Waals surface area contributed by atoms with E-state index in [1.807, 2.05) is 17.9 Å². The van der Waals surface area contributed by atoms with Gasteiger partial charge in [-0.1, -0.05) is 29.3 Å². The largest absolute Gasteiger partial charge is 0.480 e. The van der Waals surface area contributed by atoms with Crippen molar-refractivity contribution in [2.24, 2.45) is 5.73 Å². The van der Waals surface area contributed by atoms with Crippen LogP contribution in [0.1, 0.15) is 24.9 Å². The van der Waals surface area contributed by atoms with E-state index in [0.717, 1.165) is 5.56 Å². The van der Waals surface area contributed by atoms with Crippen molar-refractivity contribution in [1.29, 1.82) is 0 Å². The molecule has 0 aliphatic carbocycles. The SMILES string of the molecule is CC(c1ccc(Cl)cc1Cl)N1CCC(N)(C(=O)O)C1. The van der Waals surface area contributed by atoms with Crippen molar-refractivity contribution in [3.63, 3.8) is 0 Å². The molecule has 3 N–H and O–H groups in total. The molecule has 0 radical (unpaired) electrons. The molecule has 2 unspecified atom stereocenters. The van der Waals surface area contributed by atoms with Gasteiger partial charge in [0.1, 0.15) is 5.54 Å². The number of hydrogen-bond acceptors (Lipinski definition) is 3. The standard InChI is InChI=1S/C13H16Cl2N2O2/c1-8(10-3-2-9(14)6-11(10)15)17-5-4-13(16,7-17)12(18)19/h2-3,6,8H,4-5,7,16H2,1H3,(H,18,19). The Morgan fingerprint density at radius 3 is 2.74 bits per heavy atom. The zero-order valence-corrected chi connectivity index (χ0v) is 12.1. The Kier molecular flexibility index (Phi) is 4.06. The number of nitrogens with zero attached hydrogens (tertiary/aromatic N) is 1. The number of hydrogen-bond donors (Lipinski definition) is 2. The summed E-state index contributed by atoms with van der Waals surface area (Å²) >= 11 is 12.1. The lowest BCUT2D eigenvalue weighted by molar-refractivity contribution is -0.142. The Hall–Kier alpha value is -0.810. The van der Waals surface area contributed by atoms with E-state index in [9.17, 15) is 4.79 Å². The summed E-state index contributed by atoms with van der Waals surface area (Å²) in [5, 5.41) is 10.3. The molecule has 0 saturated carbocycles. The number of carboxylic acid groups (broad SMARTS) is 1. The quantitative estimate of drug-likeness (QED) is 0.900. The van der Waals surface area contributed by atoms with Gasteiger partial charge in [0.15, 0.2) is 0 Å². The lowest BCUT2D eigenvalue weighted by Crippen LogP contribution is -2.50. The summed E-state index contributed by atoms with van der Waals surface area (Å²) in [5.74, 6) is -0.954. The molecule has 1 heterocycles. The first-order valence-corrected chi connectivity index (χ1v) is 6.80. The molecule has 19 heavy (non-hydrogen) atoms. The first kappa shape index (κ1) is 14.6. The number of rotatable bonds is 3. The van der Waals surface area contributed by atoms with Gasteiger partial charge in [-0.25, -0.2) is 0 Å². The summed E-state index contributed by atoms with van der Waals surface area (Å²) in [5.41, 5.74) is 5.65. The second-order valence-electron chi connectivity index (χ2n) is 5.02. The van der Waals surface area contributed by atoms with Crippen LogP contribution in [-0.2, 0) is 4.79 Å². The Balaban J connectivity index is 2.17. The van der Waals surface area contributed by atoms with Crippen LogP contribution in [0.5, 0.6) is 0 Å². The zero-order valence-electron chi connectivity index (χ0n) is 10.6. The van der Waals surface area contributed by atoms with Crippen molar-refractivity contribution in [2.45, 2.75) is 24.9 Å². The second-order valence-corrected chi connectivity index (χ2v) is 5.87. The van der Waals surface area contributed by atoms with Crippen LogP contribution in [0, 0.1) is 0 Å². The molecule has 6 heteroatoms. The Morgan fingerprint density at radius 2 is 2.21 bits per heavy atom. The summed E-state index contributed by atoms with van der Waals surface area (Å²) < 4.78 is 0. The second kappa shape index (κ2) is 5.29. The molecule has 2 atom stereocenters. The molecule has 1 aliphatic heterocycles. The van der Waals surface area contributed by atoms with Crippen LogP contribution in [0.15, 0.2) is 18.2 Å². The first-order valence-electron chi connectivity index (χ1n) is 6.05. The predicted molar refractivity (Wildman–Crippen MR) is 75.6 cm³/mol. The minimum Gasteiger partial charge on any atom is -0.480 e. The Bertz CT molecular complexity index is 509. The van der Waals surface area contributed by atoms with E-state index in [0.29, 0.717) is 29.6 Å². The topological polar surface area (TPSA) is 66.6 Å². The van der Waals surface area contributed by atoms with Crippen molar-refractivity contribution in [1.82, 2.24) is 4.90 Å². The van der Waals surface area contributed by atoms with Gasteiger partial charge < -0.3 is 10.8 Å². The Morgan fingerprint density at radius 1 is 1.53 bits per heavy atom. The maximum absolute atomic E-state index is 11.1. The highest BCUT2D eigenvalue weighted by molar-refractivity contribution is 6.35. The number of carboxylic acids is 1. The molecule has 1 fully saturated rings. The molecule has 1 aromatic carbocycles. The Labute approximate surface area is 122 Å². The molecular formula is C13H16Cl2N2O2. The van der Waals surface area contributed by atoms with Crippen molar-refractivity contribution < 1.29 is 9.90 Å². The van der Waals surface area contributed by atoms with Crippen LogP contribution in [-0.4, -0.2) is 34.6 Å². The average molecular weight is 303 g/mol. The van der Waals surface area contributed by atoms with Gasteiger partial charge in [-0.15, -0.1) is 0 Å². The van der Waals surface area contributed by atoms with E-state index in [1.165, 1.54) is 0 Å². The van der Waals surface area contributed by atoms with Gasteiger partial charge in [-0.3, -0.25) is 9.69 Å². The fraction of sp³-hybridized carbons (Fsp3) is 0.462. The van der Waals surface area contributed by atoms with Crippen molar-refractivity contribution in [2.75, 3.05) is 13.1 Å². The van der Waals surface area contributed by atoms with Gasteiger partial charge in [0, 0.05) is 29.2 Å². The molecule has 0 spiro atoms. The van der Waals surface area contributed by atoms with Crippen LogP contribution in [0.4, 0.5) is 0 Å². The molecule has 104 valence electrons. The number of benzene rings is 1. The maximum Gasteiger partial charge on any atom is 0.325 e. The number of nitrogens with two attached hydrogens (primary N) is 1. The molecular weight excluding hydrogens is 287 g/mol. The number of carbonyl (C=O) groups is 1. The molecule has 1 aromatic rings. The highest BCUT2D eigenvalue weighted by Crippen LogP contribution is 2.33. The third-order valence-corrected chi connectivity index (χ3v) is 4.28. The summed E-state index contributed by atoms with van der Waals surface area (Å²) in [6.07, 6.45) is 0.442. The monoisotopic (exact) mass is 302 g/mol. The van der Waals surface area contributed by atoms with E-state index in [1.54, 1.807) is 12.1 Å². The predicted octanol–water partition coefficient (Wildman–Crippen LogP) is 2.54. The van der Waals surface area contributed by atoms with Gasteiger partial charge in [0.2, 0.25) is 0 Å². The average Bonchev–Trinajstić information content (AvgIpc) is 2.73. The summed E-state index contributed by atoms with van der Waals surface area (Å²) in [6.45, 7) is 2.95. The van der Waals surface area contributed by atoms with Gasteiger partial charge in [-0.05, 0) is 31.0 Å². The van der Waals surface area contributed by atoms with Gasteiger partial charge in [0.05, 0.1) is 0 Å². The number of likely N-dealkylation sites (tertiary alicyclic amines) is 1. The summed E-state index contributed by atoms with van der Waals surface area (Å²) in [7, 11) is 0. The third-order valence-electron chi connectivity index (χ3n) is 3.72. The van der Waals surface area contributed by atoms with Gasteiger partial charge >= 0.3 is 5.97 Å². The highest BCUT2D eigenvalue weighted by atomic mass is 35.5. The minimum absolute atomic E-state index is 0.00883. The first-order chi connectivity index (χ1) is 8.83. The number of halogens is 2. The molecule has 0 bridgehead atoms. The van der Waals surface area contributed by atoms with E-state index >= 15 is 0 Å². The maximum atomic E-state index is 11.1. The van der Waals surface area contributed by atoms with Crippen molar-refractivity contribution >= 4 is 29.2 Å². The zero-order chi connectivity index (χ0) is 14.2. The van der Waals surface area contributed by atoms with Crippen LogP contribution in [0.2, 0.25) is 10.0 Å². The molecule has 0 aromatic heterocycles. The minimum atomic E-state index is -1.16. The number of aliphatic carboxylic acids is 1. The van der Waals surface area contributed by atoms with Gasteiger partial charge in [-0.2, -0.15) is 0 Å².